The van der Waals surface area contributed by atoms with E-state index in [0.717, 1.165) is 50.0 Å². The predicted octanol–water partition coefficient (Wildman–Crippen LogP) is 5.06. The Hall–Kier alpha value is -1.55. The van der Waals surface area contributed by atoms with E-state index in [1.165, 1.54) is 6.42 Å². The Morgan fingerprint density at radius 2 is 1.56 bits per heavy atom. The third-order valence-electron chi connectivity index (χ3n) is 3.90. The molecule has 0 radical (unpaired) electrons. The summed E-state index contributed by atoms with van der Waals surface area (Å²) in [6.45, 7) is 2.42. The summed E-state index contributed by atoms with van der Waals surface area (Å²) in [6, 6.07) is 7.42. The van der Waals surface area contributed by atoms with Gasteiger partial charge in [0.05, 0.1) is 19.4 Å². The number of alkyl halides is 1. The Morgan fingerprint density at radius 1 is 0.920 bits per heavy atom. The summed E-state index contributed by atoms with van der Waals surface area (Å²) in [7, 11) is 0. The third kappa shape index (κ3) is 10.1. The van der Waals surface area contributed by atoms with Crippen molar-refractivity contribution in [2.75, 3.05) is 12.5 Å². The minimum Gasteiger partial charge on any atom is -0.466 e. The molecule has 140 valence electrons. The standard InChI is InChI=1S/C20H29ClO4/c1-2-17-11-7-8-12-18(17)25-20(23)14-13-19(22)24-16-10-6-4-3-5-9-15-21/h7-8,11-12H,2-6,9-10,13-16H2,1H3. The molecule has 0 bridgehead atoms. The van der Waals surface area contributed by atoms with E-state index in [-0.39, 0.29) is 18.8 Å². The molecule has 0 aromatic heterocycles. The zero-order valence-corrected chi connectivity index (χ0v) is 15.9. The summed E-state index contributed by atoms with van der Waals surface area (Å²) in [4.78, 5) is 23.5. The molecule has 0 aliphatic carbocycles. The fourth-order valence-corrected chi connectivity index (χ4v) is 2.62. The van der Waals surface area contributed by atoms with E-state index < -0.39 is 5.97 Å². The molecule has 0 saturated carbocycles. The molecule has 1 aromatic rings. The molecule has 0 heterocycles. The number of hydrogen-bond acceptors (Lipinski definition) is 4. The zero-order chi connectivity index (χ0) is 18.3. The second-order valence-electron chi connectivity index (χ2n) is 5.97. The van der Waals surface area contributed by atoms with Crippen LogP contribution < -0.4 is 4.74 Å². The van der Waals surface area contributed by atoms with Gasteiger partial charge >= 0.3 is 11.9 Å². The van der Waals surface area contributed by atoms with E-state index in [0.29, 0.717) is 12.4 Å². The van der Waals surface area contributed by atoms with Crippen LogP contribution in [0.3, 0.4) is 0 Å². The van der Waals surface area contributed by atoms with Crippen LogP contribution in [0.2, 0.25) is 0 Å². The molecule has 0 atom stereocenters. The highest BCUT2D eigenvalue weighted by molar-refractivity contribution is 6.17. The van der Waals surface area contributed by atoms with E-state index in [1.54, 1.807) is 6.07 Å². The number of aryl methyl sites for hydroxylation is 1. The average Bonchev–Trinajstić information content (AvgIpc) is 2.62. The van der Waals surface area contributed by atoms with Gasteiger partial charge in [-0.15, -0.1) is 11.6 Å². The van der Waals surface area contributed by atoms with Gasteiger partial charge in [-0.2, -0.15) is 0 Å². The molecule has 5 heteroatoms. The molecule has 0 amide bonds. The first-order valence-corrected chi connectivity index (χ1v) is 9.71. The van der Waals surface area contributed by atoms with Gasteiger partial charge in [-0.25, -0.2) is 0 Å². The van der Waals surface area contributed by atoms with Gasteiger partial charge in [0.25, 0.3) is 0 Å². The molecule has 25 heavy (non-hydrogen) atoms. The van der Waals surface area contributed by atoms with Gasteiger partial charge in [0.1, 0.15) is 5.75 Å². The van der Waals surface area contributed by atoms with Gasteiger partial charge in [0.2, 0.25) is 0 Å². The lowest BCUT2D eigenvalue weighted by atomic mass is 10.1. The van der Waals surface area contributed by atoms with Crippen molar-refractivity contribution in [3.8, 4) is 5.75 Å². The maximum absolute atomic E-state index is 11.8. The number of para-hydroxylation sites is 1. The summed E-state index contributed by atoms with van der Waals surface area (Å²) in [5.41, 5.74) is 0.976. The number of ether oxygens (including phenoxy) is 2. The Kier molecular flexibility index (Phi) is 11.8. The van der Waals surface area contributed by atoms with Crippen molar-refractivity contribution in [3.05, 3.63) is 29.8 Å². The number of hydrogen-bond donors (Lipinski definition) is 0. The predicted molar refractivity (Wildman–Crippen MR) is 100 cm³/mol. The van der Waals surface area contributed by atoms with Crippen molar-refractivity contribution in [2.45, 2.75) is 64.7 Å². The van der Waals surface area contributed by atoms with Crippen molar-refractivity contribution in [2.24, 2.45) is 0 Å². The van der Waals surface area contributed by atoms with Gasteiger partial charge in [-0.05, 0) is 30.9 Å². The van der Waals surface area contributed by atoms with E-state index in [4.69, 9.17) is 21.1 Å². The first kappa shape index (κ1) is 21.5. The van der Waals surface area contributed by atoms with Crippen LogP contribution in [-0.2, 0) is 20.7 Å². The molecule has 4 nitrogen and oxygen atoms in total. The molecular weight excluding hydrogens is 340 g/mol. The topological polar surface area (TPSA) is 52.6 Å². The first-order chi connectivity index (χ1) is 12.2. The van der Waals surface area contributed by atoms with E-state index >= 15 is 0 Å². The SMILES string of the molecule is CCc1ccccc1OC(=O)CCC(=O)OCCCCCCCCCl. The smallest absolute Gasteiger partial charge is 0.311 e. The molecular formula is C20H29ClO4. The molecule has 0 aliphatic heterocycles. The van der Waals surface area contributed by atoms with Crippen LogP contribution in [0.15, 0.2) is 24.3 Å². The third-order valence-corrected chi connectivity index (χ3v) is 4.17. The summed E-state index contributed by atoms with van der Waals surface area (Å²) in [5.74, 6) is 0.543. The number of unbranched alkanes of at least 4 members (excludes halogenated alkanes) is 5. The largest absolute Gasteiger partial charge is 0.466 e. The molecule has 0 fully saturated rings. The number of carbonyl (C=O) groups is 2. The highest BCUT2D eigenvalue weighted by Gasteiger charge is 2.11. The summed E-state index contributed by atoms with van der Waals surface area (Å²) in [6.07, 6.45) is 7.33. The molecule has 0 spiro atoms. The quantitative estimate of drug-likeness (QED) is 0.211. The normalized spacial score (nSPS) is 10.5. The second kappa shape index (κ2) is 13.7. The molecule has 0 unspecified atom stereocenters. The maximum atomic E-state index is 11.8. The fraction of sp³-hybridized carbons (Fsp3) is 0.600. The highest BCUT2D eigenvalue weighted by Crippen LogP contribution is 2.19. The Morgan fingerprint density at radius 3 is 2.28 bits per heavy atom. The van der Waals surface area contributed by atoms with Gasteiger partial charge in [-0.1, -0.05) is 50.8 Å². The summed E-state index contributed by atoms with van der Waals surface area (Å²) in [5, 5.41) is 0. The molecule has 0 saturated heterocycles. The van der Waals surface area contributed by atoms with Crippen LogP contribution in [0.5, 0.6) is 5.75 Å². The van der Waals surface area contributed by atoms with Crippen LogP contribution in [0.25, 0.3) is 0 Å². The Balaban J connectivity index is 2.10. The number of halogens is 1. The van der Waals surface area contributed by atoms with E-state index in [1.807, 2.05) is 25.1 Å². The van der Waals surface area contributed by atoms with Crippen molar-refractivity contribution < 1.29 is 19.1 Å². The molecule has 0 N–H and O–H groups in total. The summed E-state index contributed by atoms with van der Waals surface area (Å²) < 4.78 is 10.5. The Labute approximate surface area is 155 Å². The molecule has 1 aromatic carbocycles. The van der Waals surface area contributed by atoms with Crippen molar-refractivity contribution in [1.82, 2.24) is 0 Å². The van der Waals surface area contributed by atoms with Crippen molar-refractivity contribution in [1.29, 1.82) is 0 Å². The lowest BCUT2D eigenvalue weighted by Gasteiger charge is -2.08. The monoisotopic (exact) mass is 368 g/mol. The number of benzene rings is 1. The maximum Gasteiger partial charge on any atom is 0.311 e. The highest BCUT2D eigenvalue weighted by atomic mass is 35.5. The number of rotatable bonds is 13. The van der Waals surface area contributed by atoms with Crippen LogP contribution in [0.1, 0.15) is 63.9 Å². The van der Waals surface area contributed by atoms with Crippen LogP contribution >= 0.6 is 11.6 Å². The number of carbonyl (C=O) groups excluding carboxylic acids is 2. The molecule has 1 rings (SSSR count). The average molecular weight is 369 g/mol. The summed E-state index contributed by atoms with van der Waals surface area (Å²) >= 11 is 5.62. The lowest BCUT2D eigenvalue weighted by Crippen LogP contribution is -2.13. The van der Waals surface area contributed by atoms with Gasteiger partial charge in [0.15, 0.2) is 0 Å². The zero-order valence-electron chi connectivity index (χ0n) is 15.1. The minimum atomic E-state index is -0.405. The van der Waals surface area contributed by atoms with Gasteiger partial charge in [-0.3, -0.25) is 9.59 Å². The first-order valence-electron chi connectivity index (χ1n) is 9.17. The van der Waals surface area contributed by atoms with Crippen LogP contribution in [-0.4, -0.2) is 24.4 Å². The van der Waals surface area contributed by atoms with Crippen molar-refractivity contribution >= 4 is 23.5 Å². The number of esters is 2. The van der Waals surface area contributed by atoms with E-state index in [2.05, 4.69) is 0 Å². The Bertz CT molecular complexity index is 516. The van der Waals surface area contributed by atoms with Gasteiger partial charge < -0.3 is 9.47 Å². The fourth-order valence-electron chi connectivity index (χ4n) is 2.44. The lowest BCUT2D eigenvalue weighted by molar-refractivity contribution is -0.147. The second-order valence-corrected chi connectivity index (χ2v) is 6.34. The van der Waals surface area contributed by atoms with Gasteiger partial charge in [0, 0.05) is 5.88 Å². The molecule has 0 aliphatic rings. The van der Waals surface area contributed by atoms with Crippen LogP contribution in [0, 0.1) is 0 Å². The van der Waals surface area contributed by atoms with Crippen LogP contribution in [0.4, 0.5) is 0 Å². The minimum absolute atomic E-state index is 0.0370. The van der Waals surface area contributed by atoms with Crippen molar-refractivity contribution in [3.63, 3.8) is 0 Å². The van der Waals surface area contributed by atoms with E-state index in [9.17, 15) is 9.59 Å².